The number of anilines is 1. The van der Waals surface area contributed by atoms with Crippen molar-refractivity contribution in [1.29, 1.82) is 0 Å². The molecule has 10 heteroatoms. The van der Waals surface area contributed by atoms with Gasteiger partial charge < -0.3 is 30.2 Å². The van der Waals surface area contributed by atoms with Crippen LogP contribution in [0.15, 0.2) is 18.2 Å². The van der Waals surface area contributed by atoms with Gasteiger partial charge in [-0.2, -0.15) is 0 Å². The molecule has 2 unspecified atom stereocenters. The highest BCUT2D eigenvalue weighted by atomic mass is 16.6. The van der Waals surface area contributed by atoms with E-state index >= 15 is 0 Å². The summed E-state index contributed by atoms with van der Waals surface area (Å²) in [5.74, 6) is -3.10. The molecule has 4 rings (SSSR count). The van der Waals surface area contributed by atoms with Crippen molar-refractivity contribution in [3.8, 4) is 17.2 Å². The van der Waals surface area contributed by atoms with E-state index < -0.39 is 23.8 Å². The molecule has 164 valence electrons. The Kier molecular flexibility index (Phi) is 5.64. The lowest BCUT2D eigenvalue weighted by molar-refractivity contribution is -0.131. The summed E-state index contributed by atoms with van der Waals surface area (Å²) in [6, 6.07) is 2.02. The monoisotopic (exact) mass is 429 g/mol. The zero-order chi connectivity index (χ0) is 22.1. The molecule has 0 saturated carbocycles. The fraction of sp³-hybridized carbons (Fsp3) is 0.429. The number of fused-ring (bicyclic) bond motifs is 4. The summed E-state index contributed by atoms with van der Waals surface area (Å²) < 4.78 is 16.0. The van der Waals surface area contributed by atoms with Gasteiger partial charge in [0.05, 0.1) is 12.7 Å². The lowest BCUT2D eigenvalue weighted by Gasteiger charge is -2.30. The van der Waals surface area contributed by atoms with Gasteiger partial charge in [0.15, 0.2) is 11.5 Å². The predicted molar refractivity (Wildman–Crippen MR) is 108 cm³/mol. The lowest BCUT2D eigenvalue weighted by atomic mass is 9.99. The van der Waals surface area contributed by atoms with Crippen molar-refractivity contribution < 1.29 is 33.4 Å². The number of hydrogen-bond donors (Lipinski definition) is 3. The normalized spacial score (nSPS) is 25.3. The molecule has 3 aliphatic rings. The highest BCUT2D eigenvalue weighted by Crippen LogP contribution is 2.46. The molecule has 2 saturated heterocycles. The molecule has 4 bridgehead atoms. The molecule has 3 heterocycles. The fourth-order valence-corrected chi connectivity index (χ4v) is 4.31. The Labute approximate surface area is 178 Å². The van der Waals surface area contributed by atoms with Crippen LogP contribution in [0.2, 0.25) is 0 Å². The van der Waals surface area contributed by atoms with Gasteiger partial charge in [-0.25, -0.2) is 9.59 Å². The molecule has 0 radical (unpaired) electrons. The number of ether oxygens (including phenoxy) is 3. The minimum atomic E-state index is -0.887. The lowest BCUT2D eigenvalue weighted by Crippen LogP contribution is -2.48. The molecule has 3 N–H and O–H groups in total. The summed E-state index contributed by atoms with van der Waals surface area (Å²) in [6.45, 7) is 1.24. The molecule has 2 fully saturated rings. The van der Waals surface area contributed by atoms with Gasteiger partial charge in [-0.15, -0.1) is 0 Å². The summed E-state index contributed by atoms with van der Waals surface area (Å²) in [4.78, 5) is 49.0. The van der Waals surface area contributed by atoms with E-state index in [-0.39, 0.29) is 34.5 Å². The minimum Gasteiger partial charge on any atom is -0.492 e. The molecular weight excluding hydrogens is 406 g/mol. The Hall–Kier alpha value is -3.40. The largest absolute Gasteiger partial charge is 0.492 e. The molecule has 2 amide bonds. The number of nitrogens with one attached hydrogen (secondary N) is 3. The Morgan fingerprint density at radius 3 is 2.35 bits per heavy atom. The van der Waals surface area contributed by atoms with Gasteiger partial charge in [0.1, 0.15) is 5.69 Å². The van der Waals surface area contributed by atoms with Crippen molar-refractivity contribution in [2.24, 2.45) is 0 Å². The topological polar surface area (TPSA) is 132 Å². The zero-order valence-corrected chi connectivity index (χ0v) is 17.2. The number of amides is 2. The van der Waals surface area contributed by atoms with E-state index in [0.717, 1.165) is 37.8 Å². The maximum Gasteiger partial charge on any atom is 0.336 e. The van der Waals surface area contributed by atoms with Gasteiger partial charge in [0.25, 0.3) is 5.91 Å². The standard InChI is InChI=1S/C21H23N3O7/c1-10(25)22-18-15-9-14(21(28)24-13-7-11-3-4-12(8-13)23-11)19(29-2)20(18)31-17(27)6-5-16(26)30-15/h5-6,9,11-13,23H,3-4,7-8H2,1-2H3,(H,22,25)(H,24,28)/b6-5+. The molecule has 3 aliphatic heterocycles. The van der Waals surface area contributed by atoms with Crippen molar-refractivity contribution >= 4 is 29.4 Å². The molecule has 1 aromatic rings. The number of rotatable bonds is 4. The molecule has 2 atom stereocenters. The van der Waals surface area contributed by atoms with Crippen LogP contribution in [0.1, 0.15) is 43.0 Å². The van der Waals surface area contributed by atoms with E-state index in [2.05, 4.69) is 16.0 Å². The van der Waals surface area contributed by atoms with E-state index in [0.29, 0.717) is 12.1 Å². The number of piperidine rings is 1. The molecule has 0 aliphatic carbocycles. The van der Waals surface area contributed by atoms with Crippen molar-refractivity contribution in [1.82, 2.24) is 10.6 Å². The number of esters is 2. The second-order valence-electron chi connectivity index (χ2n) is 7.80. The first-order valence-electron chi connectivity index (χ1n) is 10.0. The van der Waals surface area contributed by atoms with Crippen LogP contribution in [0.4, 0.5) is 5.69 Å². The molecule has 1 aromatic carbocycles. The summed E-state index contributed by atoms with van der Waals surface area (Å²) in [5, 5.41) is 9.00. The maximum absolute atomic E-state index is 13.2. The summed E-state index contributed by atoms with van der Waals surface area (Å²) in [5.41, 5.74) is -0.0545. The van der Waals surface area contributed by atoms with Gasteiger partial charge in [0, 0.05) is 37.2 Å². The highest BCUT2D eigenvalue weighted by molar-refractivity contribution is 6.05. The number of carbonyl (C=O) groups is 4. The van der Waals surface area contributed by atoms with Crippen LogP contribution < -0.4 is 30.2 Å². The molecular formula is C21H23N3O7. The Balaban J connectivity index is 1.74. The SMILES string of the molecule is COc1c(C(=O)NC2CC3CCC(C2)N3)cc2c(NC(C)=O)c1OC(=O)/C=C/C(=O)O2. The van der Waals surface area contributed by atoms with E-state index in [4.69, 9.17) is 14.2 Å². The molecule has 10 nitrogen and oxygen atoms in total. The maximum atomic E-state index is 13.2. The van der Waals surface area contributed by atoms with E-state index in [1.54, 1.807) is 0 Å². The number of methoxy groups -OCH3 is 1. The van der Waals surface area contributed by atoms with Gasteiger partial charge in [-0.05, 0) is 31.7 Å². The average molecular weight is 429 g/mol. The third-order valence-corrected chi connectivity index (χ3v) is 5.53. The van der Waals surface area contributed by atoms with Crippen molar-refractivity contribution in [3.05, 3.63) is 23.8 Å². The Bertz CT molecular complexity index is 976. The third kappa shape index (κ3) is 4.38. The minimum absolute atomic E-state index is 0.0231. The van der Waals surface area contributed by atoms with E-state index in [1.807, 2.05) is 0 Å². The van der Waals surface area contributed by atoms with Crippen LogP contribution in [0.25, 0.3) is 0 Å². The Morgan fingerprint density at radius 1 is 1.10 bits per heavy atom. The quantitative estimate of drug-likeness (QED) is 0.478. The van der Waals surface area contributed by atoms with Gasteiger partial charge in [-0.3, -0.25) is 9.59 Å². The van der Waals surface area contributed by atoms with E-state index in [9.17, 15) is 19.2 Å². The number of benzene rings is 1. The van der Waals surface area contributed by atoms with Crippen LogP contribution in [0.3, 0.4) is 0 Å². The zero-order valence-electron chi connectivity index (χ0n) is 17.2. The number of hydrogen-bond acceptors (Lipinski definition) is 8. The van der Waals surface area contributed by atoms with Crippen LogP contribution in [0.5, 0.6) is 17.2 Å². The van der Waals surface area contributed by atoms with Crippen molar-refractivity contribution in [2.45, 2.75) is 50.7 Å². The molecule has 31 heavy (non-hydrogen) atoms. The van der Waals surface area contributed by atoms with Gasteiger partial charge in [0.2, 0.25) is 11.7 Å². The first-order valence-corrected chi connectivity index (χ1v) is 10.0. The summed E-state index contributed by atoms with van der Waals surface area (Å²) >= 11 is 0. The fourth-order valence-electron chi connectivity index (χ4n) is 4.31. The number of carbonyl (C=O) groups excluding carboxylic acids is 4. The molecule has 0 aromatic heterocycles. The summed E-state index contributed by atoms with van der Waals surface area (Å²) in [7, 11) is 1.31. The van der Waals surface area contributed by atoms with Gasteiger partial charge >= 0.3 is 11.9 Å². The predicted octanol–water partition coefficient (Wildman–Crippen LogP) is 1.05. The Morgan fingerprint density at radius 2 is 1.74 bits per heavy atom. The first kappa shape index (κ1) is 20.9. The average Bonchev–Trinajstić information content (AvgIpc) is 3.06. The van der Waals surface area contributed by atoms with Crippen LogP contribution in [0, 0.1) is 0 Å². The van der Waals surface area contributed by atoms with Gasteiger partial charge in [-0.1, -0.05) is 0 Å². The van der Waals surface area contributed by atoms with E-state index in [1.165, 1.54) is 20.1 Å². The van der Waals surface area contributed by atoms with Crippen LogP contribution in [-0.2, 0) is 14.4 Å². The highest BCUT2D eigenvalue weighted by Gasteiger charge is 2.35. The second kappa shape index (κ2) is 8.38. The van der Waals surface area contributed by atoms with Crippen LogP contribution in [-0.4, -0.2) is 49.0 Å². The van der Waals surface area contributed by atoms with Crippen molar-refractivity contribution in [3.63, 3.8) is 0 Å². The second-order valence-corrected chi connectivity index (χ2v) is 7.80. The van der Waals surface area contributed by atoms with Crippen molar-refractivity contribution in [2.75, 3.05) is 12.4 Å². The molecule has 0 spiro atoms. The smallest absolute Gasteiger partial charge is 0.336 e. The summed E-state index contributed by atoms with van der Waals surface area (Å²) in [6.07, 6.45) is 5.56. The van der Waals surface area contributed by atoms with Crippen LogP contribution >= 0.6 is 0 Å². The first-order chi connectivity index (χ1) is 14.8. The third-order valence-electron chi connectivity index (χ3n) is 5.53.